The molecule has 2 rings (SSSR count). The average molecular weight is 352 g/mol. The third-order valence-corrected chi connectivity index (χ3v) is 3.50. The maximum atomic E-state index is 12.2. The minimum atomic E-state index is -0.684. The molecule has 0 saturated carbocycles. The molecule has 0 aliphatic carbocycles. The minimum Gasteiger partial charge on any atom is -0.493 e. The fraction of sp³-hybridized carbons (Fsp3) is 0.188. The summed E-state index contributed by atoms with van der Waals surface area (Å²) in [5.41, 5.74) is 0.328. The Hall–Kier alpha value is -2.80. The van der Waals surface area contributed by atoms with Crippen LogP contribution in [-0.2, 0) is 11.3 Å². The number of carbonyl (C=O) groups is 1. The second-order valence-corrected chi connectivity index (χ2v) is 5.06. The van der Waals surface area contributed by atoms with Crippen molar-refractivity contribution < 1.29 is 23.9 Å². The lowest BCUT2D eigenvalue weighted by Gasteiger charge is -2.11. The molecule has 0 bridgehead atoms. The smallest absolute Gasteiger partial charge is 0.338 e. The normalized spacial score (nSPS) is 10.1. The van der Waals surface area contributed by atoms with Crippen LogP contribution in [0.1, 0.15) is 15.9 Å². The van der Waals surface area contributed by atoms with Crippen molar-refractivity contribution in [3.63, 3.8) is 0 Å². The molecule has 2 aromatic carbocycles. The summed E-state index contributed by atoms with van der Waals surface area (Å²) >= 11 is 6.04. The molecule has 0 amide bonds. The van der Waals surface area contributed by atoms with Crippen LogP contribution in [0.25, 0.3) is 0 Å². The van der Waals surface area contributed by atoms with Gasteiger partial charge in [-0.25, -0.2) is 4.79 Å². The summed E-state index contributed by atoms with van der Waals surface area (Å²) < 4.78 is 15.3. The van der Waals surface area contributed by atoms with Crippen molar-refractivity contribution in [2.45, 2.75) is 6.61 Å². The molecule has 0 spiro atoms. The summed E-state index contributed by atoms with van der Waals surface area (Å²) in [6, 6.07) is 8.83. The van der Waals surface area contributed by atoms with E-state index in [1.54, 1.807) is 6.07 Å². The Kier molecular flexibility index (Phi) is 5.59. The zero-order chi connectivity index (χ0) is 17.7. The highest BCUT2D eigenvalue weighted by molar-refractivity contribution is 6.32. The molecule has 0 unspecified atom stereocenters. The van der Waals surface area contributed by atoms with E-state index in [-0.39, 0.29) is 28.6 Å². The fourth-order valence-corrected chi connectivity index (χ4v) is 2.36. The van der Waals surface area contributed by atoms with E-state index >= 15 is 0 Å². The van der Waals surface area contributed by atoms with E-state index in [0.717, 1.165) is 0 Å². The van der Waals surface area contributed by atoms with E-state index in [0.29, 0.717) is 11.3 Å². The molecule has 126 valence electrons. The Balaban J connectivity index is 2.19. The van der Waals surface area contributed by atoms with E-state index in [1.165, 1.54) is 44.6 Å². The molecular weight excluding hydrogens is 338 g/mol. The van der Waals surface area contributed by atoms with Gasteiger partial charge >= 0.3 is 5.97 Å². The Bertz CT molecular complexity index is 777. The predicted molar refractivity (Wildman–Crippen MR) is 86.8 cm³/mol. The van der Waals surface area contributed by atoms with Gasteiger partial charge in [0.25, 0.3) is 5.69 Å². The molecule has 0 aliphatic heterocycles. The lowest BCUT2D eigenvalue weighted by molar-refractivity contribution is -0.385. The number of esters is 1. The van der Waals surface area contributed by atoms with Crippen LogP contribution < -0.4 is 9.47 Å². The third kappa shape index (κ3) is 3.75. The lowest BCUT2D eigenvalue weighted by Crippen LogP contribution is -2.07. The quantitative estimate of drug-likeness (QED) is 0.448. The molecule has 8 heteroatoms. The van der Waals surface area contributed by atoms with Crippen LogP contribution >= 0.6 is 11.6 Å². The minimum absolute atomic E-state index is 0.115. The second kappa shape index (κ2) is 7.65. The number of ether oxygens (including phenoxy) is 3. The number of nitro benzene ring substituents is 1. The first kappa shape index (κ1) is 17.6. The van der Waals surface area contributed by atoms with Gasteiger partial charge in [0.05, 0.1) is 35.3 Å². The molecule has 7 nitrogen and oxygen atoms in total. The van der Waals surface area contributed by atoms with Crippen molar-refractivity contribution in [2.24, 2.45) is 0 Å². The van der Waals surface area contributed by atoms with Crippen LogP contribution in [0, 0.1) is 10.1 Å². The topological polar surface area (TPSA) is 87.9 Å². The summed E-state index contributed by atoms with van der Waals surface area (Å²) in [7, 11) is 2.84. The van der Waals surface area contributed by atoms with Crippen LogP contribution in [0.4, 0.5) is 5.69 Å². The number of nitrogens with zero attached hydrogens (tertiary/aromatic N) is 1. The summed E-state index contributed by atoms with van der Waals surface area (Å²) in [4.78, 5) is 22.6. The lowest BCUT2D eigenvalue weighted by atomic mass is 10.2. The number of para-hydroxylation sites is 1. The van der Waals surface area contributed by atoms with Gasteiger partial charge in [0, 0.05) is 6.07 Å². The van der Waals surface area contributed by atoms with Gasteiger partial charge in [-0.15, -0.1) is 0 Å². The van der Waals surface area contributed by atoms with Crippen molar-refractivity contribution >= 4 is 23.3 Å². The van der Waals surface area contributed by atoms with Gasteiger partial charge in [-0.3, -0.25) is 10.1 Å². The van der Waals surface area contributed by atoms with Crippen molar-refractivity contribution in [3.05, 3.63) is 62.7 Å². The summed E-state index contributed by atoms with van der Waals surface area (Å²) in [5.74, 6) is -0.104. The monoisotopic (exact) mass is 351 g/mol. The van der Waals surface area contributed by atoms with Crippen LogP contribution in [-0.4, -0.2) is 25.1 Å². The highest BCUT2D eigenvalue weighted by Gasteiger charge is 2.18. The number of methoxy groups -OCH3 is 2. The van der Waals surface area contributed by atoms with Gasteiger partial charge in [-0.2, -0.15) is 0 Å². The van der Waals surface area contributed by atoms with E-state index in [1.807, 2.05) is 0 Å². The molecular formula is C16H14ClNO6. The van der Waals surface area contributed by atoms with Crippen molar-refractivity contribution in [1.29, 1.82) is 0 Å². The van der Waals surface area contributed by atoms with Gasteiger partial charge in [-0.1, -0.05) is 23.7 Å². The van der Waals surface area contributed by atoms with Crippen molar-refractivity contribution in [1.82, 2.24) is 0 Å². The number of hydrogen-bond acceptors (Lipinski definition) is 6. The Morgan fingerprint density at radius 2 is 1.92 bits per heavy atom. The van der Waals surface area contributed by atoms with Gasteiger partial charge in [0.1, 0.15) is 6.61 Å². The maximum Gasteiger partial charge on any atom is 0.338 e. The van der Waals surface area contributed by atoms with E-state index in [4.69, 9.17) is 25.8 Å². The van der Waals surface area contributed by atoms with Crippen LogP contribution in [0.5, 0.6) is 11.5 Å². The highest BCUT2D eigenvalue weighted by Crippen LogP contribution is 2.36. The third-order valence-electron chi connectivity index (χ3n) is 3.22. The average Bonchev–Trinajstić information content (AvgIpc) is 2.58. The summed E-state index contributed by atoms with van der Waals surface area (Å²) in [6.45, 7) is -0.234. The molecule has 0 radical (unpaired) electrons. The number of rotatable bonds is 6. The fourth-order valence-electron chi connectivity index (χ4n) is 2.07. The van der Waals surface area contributed by atoms with Gasteiger partial charge in [0.15, 0.2) is 11.5 Å². The van der Waals surface area contributed by atoms with Gasteiger partial charge in [-0.05, 0) is 18.2 Å². The number of benzene rings is 2. The molecule has 0 aromatic heterocycles. The van der Waals surface area contributed by atoms with Gasteiger partial charge in [0.2, 0.25) is 0 Å². The Morgan fingerprint density at radius 1 is 1.21 bits per heavy atom. The summed E-state index contributed by atoms with van der Waals surface area (Å²) in [5, 5.41) is 11.1. The van der Waals surface area contributed by atoms with Crippen molar-refractivity contribution in [2.75, 3.05) is 14.2 Å². The van der Waals surface area contributed by atoms with E-state index in [9.17, 15) is 14.9 Å². The SMILES string of the molecule is COc1cc(C(=O)OCc2ccccc2[N+](=O)[O-])cc(Cl)c1OC. The van der Waals surface area contributed by atoms with Gasteiger partial charge < -0.3 is 14.2 Å². The zero-order valence-electron chi connectivity index (χ0n) is 12.9. The summed E-state index contributed by atoms with van der Waals surface area (Å²) in [6.07, 6.45) is 0. The molecule has 24 heavy (non-hydrogen) atoms. The highest BCUT2D eigenvalue weighted by atomic mass is 35.5. The molecule has 0 heterocycles. The predicted octanol–water partition coefficient (Wildman–Crippen LogP) is 3.62. The van der Waals surface area contributed by atoms with E-state index in [2.05, 4.69) is 0 Å². The molecule has 0 fully saturated rings. The van der Waals surface area contributed by atoms with Crippen LogP contribution in [0.15, 0.2) is 36.4 Å². The maximum absolute atomic E-state index is 12.2. The molecule has 0 atom stereocenters. The first-order valence-corrected chi connectivity index (χ1v) is 7.16. The first-order chi connectivity index (χ1) is 11.5. The molecule has 0 N–H and O–H groups in total. The molecule has 0 aliphatic rings. The molecule has 2 aromatic rings. The van der Waals surface area contributed by atoms with Crippen LogP contribution in [0.2, 0.25) is 5.02 Å². The standard InChI is InChI=1S/C16H14ClNO6/c1-22-14-8-11(7-12(17)15(14)23-2)16(19)24-9-10-5-3-4-6-13(10)18(20)21/h3-8H,9H2,1-2H3. The van der Waals surface area contributed by atoms with Crippen LogP contribution in [0.3, 0.4) is 0 Å². The zero-order valence-corrected chi connectivity index (χ0v) is 13.7. The number of nitro groups is 1. The molecule has 0 saturated heterocycles. The van der Waals surface area contributed by atoms with Crippen molar-refractivity contribution in [3.8, 4) is 11.5 Å². The number of hydrogen-bond donors (Lipinski definition) is 0. The largest absolute Gasteiger partial charge is 0.493 e. The second-order valence-electron chi connectivity index (χ2n) is 4.66. The number of carbonyl (C=O) groups excluding carboxylic acids is 1. The first-order valence-electron chi connectivity index (χ1n) is 6.79. The number of halogens is 1. The Labute approximate surface area is 142 Å². The Morgan fingerprint density at radius 3 is 2.54 bits per heavy atom. The van der Waals surface area contributed by atoms with E-state index < -0.39 is 10.9 Å².